The molecule has 0 aliphatic heterocycles. The Labute approximate surface area is 161 Å². The summed E-state index contributed by atoms with van der Waals surface area (Å²) in [7, 11) is 0. The topological polar surface area (TPSA) is 43.6 Å². The van der Waals surface area contributed by atoms with E-state index in [4.69, 9.17) is 11.6 Å². The van der Waals surface area contributed by atoms with Crippen LogP contribution in [0.25, 0.3) is 11.2 Å². The summed E-state index contributed by atoms with van der Waals surface area (Å²) in [5.41, 5.74) is 1.77. The average molecular weight is 383 g/mol. The number of hydrogen-bond acceptors (Lipinski definition) is 4. The zero-order valence-electron chi connectivity index (χ0n) is 16.0. The number of nitrogens with zero attached hydrogens (tertiary/aromatic N) is 4. The van der Waals surface area contributed by atoms with E-state index in [9.17, 15) is 0 Å². The highest BCUT2D eigenvalue weighted by molar-refractivity contribution is 8.00. The second kappa shape index (κ2) is 10.4. The number of imidazole rings is 1. The summed E-state index contributed by atoms with van der Waals surface area (Å²) < 4.78 is 2.27. The number of rotatable bonds is 11. The van der Waals surface area contributed by atoms with Gasteiger partial charge in [-0.05, 0) is 24.9 Å². The molecule has 0 bridgehead atoms. The molecule has 0 fully saturated rings. The van der Waals surface area contributed by atoms with Crippen molar-refractivity contribution in [1.82, 2.24) is 19.5 Å². The summed E-state index contributed by atoms with van der Waals surface area (Å²) in [5, 5.41) is 1.68. The highest BCUT2D eigenvalue weighted by atomic mass is 35.5. The van der Waals surface area contributed by atoms with Gasteiger partial charge in [0.15, 0.2) is 5.65 Å². The van der Waals surface area contributed by atoms with Crippen molar-refractivity contribution in [3.8, 4) is 0 Å². The Kier molecular flexibility index (Phi) is 8.50. The molecule has 0 amide bonds. The van der Waals surface area contributed by atoms with Crippen molar-refractivity contribution in [2.45, 2.75) is 95.9 Å². The van der Waals surface area contributed by atoms with Crippen LogP contribution in [-0.4, -0.2) is 24.8 Å². The van der Waals surface area contributed by atoms with Crippen LogP contribution < -0.4 is 0 Å². The molecule has 4 nitrogen and oxygen atoms in total. The van der Waals surface area contributed by atoms with Crippen LogP contribution in [0.3, 0.4) is 0 Å². The maximum atomic E-state index is 6.08. The van der Waals surface area contributed by atoms with Crippen molar-refractivity contribution in [2.24, 2.45) is 0 Å². The highest BCUT2D eigenvalue weighted by Gasteiger charge is 2.17. The first-order chi connectivity index (χ1) is 12.0. The number of hydrogen-bond donors (Lipinski definition) is 0. The van der Waals surface area contributed by atoms with E-state index in [1.54, 1.807) is 11.8 Å². The van der Waals surface area contributed by atoms with Crippen LogP contribution in [0.15, 0.2) is 5.03 Å². The van der Waals surface area contributed by atoms with Crippen LogP contribution in [0.2, 0.25) is 5.28 Å². The lowest BCUT2D eigenvalue weighted by Crippen LogP contribution is -2.03. The molecule has 2 heterocycles. The summed E-state index contributed by atoms with van der Waals surface area (Å²) >= 11 is 7.81. The molecule has 0 unspecified atom stereocenters. The van der Waals surface area contributed by atoms with Crippen LogP contribution >= 0.6 is 23.4 Å². The fourth-order valence-corrected chi connectivity index (χ4v) is 4.18. The molecule has 0 aliphatic carbocycles. The van der Waals surface area contributed by atoms with Gasteiger partial charge in [-0.15, -0.1) is 11.8 Å². The van der Waals surface area contributed by atoms with E-state index in [-0.39, 0.29) is 5.28 Å². The lowest BCUT2D eigenvalue weighted by molar-refractivity contribution is 0.543. The second-order valence-electron chi connectivity index (χ2n) is 6.92. The van der Waals surface area contributed by atoms with Crippen molar-refractivity contribution >= 4 is 34.5 Å². The van der Waals surface area contributed by atoms with Crippen LogP contribution in [-0.2, 0) is 6.54 Å². The van der Waals surface area contributed by atoms with Gasteiger partial charge < -0.3 is 4.57 Å². The average Bonchev–Trinajstić information content (AvgIpc) is 2.84. The van der Waals surface area contributed by atoms with Crippen molar-refractivity contribution in [1.29, 1.82) is 0 Å². The van der Waals surface area contributed by atoms with Gasteiger partial charge in [-0.3, -0.25) is 0 Å². The molecule has 2 aromatic rings. The summed E-state index contributed by atoms with van der Waals surface area (Å²) in [4.78, 5) is 13.4. The molecule has 140 valence electrons. The number of halogens is 1. The van der Waals surface area contributed by atoms with Gasteiger partial charge in [-0.2, -0.15) is 4.98 Å². The van der Waals surface area contributed by atoms with E-state index in [0.717, 1.165) is 28.6 Å². The van der Waals surface area contributed by atoms with Gasteiger partial charge in [0.1, 0.15) is 16.4 Å². The number of thioether (sulfide) groups is 1. The number of unbranched alkanes of at least 4 members (excludes halogenated alkanes) is 7. The van der Waals surface area contributed by atoms with Gasteiger partial charge in [0.05, 0.1) is 0 Å². The fraction of sp³-hybridized carbons (Fsp3) is 0.737. The minimum absolute atomic E-state index is 0.285. The molecule has 0 aliphatic rings. The summed E-state index contributed by atoms with van der Waals surface area (Å²) in [6, 6.07) is 0. The predicted octanol–water partition coefficient (Wildman–Crippen LogP) is 6.43. The van der Waals surface area contributed by atoms with Gasteiger partial charge in [-0.1, -0.05) is 65.7 Å². The Morgan fingerprint density at radius 3 is 2.24 bits per heavy atom. The van der Waals surface area contributed by atoms with Gasteiger partial charge in [-0.25, -0.2) is 9.97 Å². The van der Waals surface area contributed by atoms with E-state index in [1.165, 1.54) is 51.4 Å². The fourth-order valence-electron chi connectivity index (χ4n) is 3.07. The van der Waals surface area contributed by atoms with Gasteiger partial charge in [0, 0.05) is 11.8 Å². The Hall–Kier alpha value is -0.810. The smallest absolute Gasteiger partial charge is 0.225 e. The molecule has 25 heavy (non-hydrogen) atoms. The number of fused-ring (bicyclic) bond motifs is 1. The molecule has 2 rings (SSSR count). The Morgan fingerprint density at radius 1 is 0.960 bits per heavy atom. The lowest BCUT2D eigenvalue weighted by Gasteiger charge is -2.11. The standard InChI is InChI=1S/C19H31ClN4S/c1-5-6-7-8-9-10-11-12-13-24-15(4)21-17-16(24)18(25-14(2)3)23-19(20)22-17/h14H,5-13H2,1-4H3. The molecule has 0 aromatic carbocycles. The molecule has 0 saturated carbocycles. The molecule has 2 aromatic heterocycles. The van der Waals surface area contributed by atoms with Crippen molar-refractivity contribution in [3.63, 3.8) is 0 Å². The normalized spacial score (nSPS) is 11.8. The molecular weight excluding hydrogens is 352 g/mol. The van der Waals surface area contributed by atoms with Crippen molar-refractivity contribution < 1.29 is 0 Å². The number of aromatic nitrogens is 4. The molecule has 0 radical (unpaired) electrons. The largest absolute Gasteiger partial charge is 0.325 e. The van der Waals surface area contributed by atoms with Gasteiger partial charge in [0.2, 0.25) is 5.28 Å². The first kappa shape index (κ1) is 20.5. The minimum atomic E-state index is 0.285. The van der Waals surface area contributed by atoms with Gasteiger partial charge >= 0.3 is 0 Å². The van der Waals surface area contributed by atoms with E-state index in [2.05, 4.69) is 40.3 Å². The van der Waals surface area contributed by atoms with Crippen LogP contribution in [0.4, 0.5) is 0 Å². The number of aryl methyl sites for hydroxylation is 2. The van der Waals surface area contributed by atoms with Crippen LogP contribution in [0, 0.1) is 6.92 Å². The van der Waals surface area contributed by atoms with Crippen LogP contribution in [0.1, 0.15) is 78.0 Å². The lowest BCUT2D eigenvalue weighted by atomic mass is 10.1. The third kappa shape index (κ3) is 6.14. The maximum absolute atomic E-state index is 6.08. The van der Waals surface area contributed by atoms with Crippen LogP contribution in [0.5, 0.6) is 0 Å². The zero-order valence-corrected chi connectivity index (χ0v) is 17.6. The molecular formula is C19H31ClN4S. The SMILES string of the molecule is CCCCCCCCCCn1c(C)nc2nc(Cl)nc(SC(C)C)c21. The first-order valence-electron chi connectivity index (χ1n) is 9.60. The highest BCUT2D eigenvalue weighted by Crippen LogP contribution is 2.30. The Balaban J connectivity index is 1.99. The molecule has 6 heteroatoms. The third-order valence-electron chi connectivity index (χ3n) is 4.32. The van der Waals surface area contributed by atoms with E-state index >= 15 is 0 Å². The van der Waals surface area contributed by atoms with E-state index < -0.39 is 0 Å². The summed E-state index contributed by atoms with van der Waals surface area (Å²) in [6.07, 6.45) is 10.6. The molecule has 0 saturated heterocycles. The third-order valence-corrected chi connectivity index (χ3v) is 5.47. The van der Waals surface area contributed by atoms with Crippen molar-refractivity contribution in [2.75, 3.05) is 0 Å². The minimum Gasteiger partial charge on any atom is -0.325 e. The summed E-state index contributed by atoms with van der Waals surface area (Å²) in [5.74, 6) is 1.00. The molecule has 0 atom stereocenters. The zero-order chi connectivity index (χ0) is 18.2. The maximum Gasteiger partial charge on any atom is 0.225 e. The van der Waals surface area contributed by atoms with E-state index in [0.29, 0.717) is 5.25 Å². The Morgan fingerprint density at radius 2 is 1.60 bits per heavy atom. The van der Waals surface area contributed by atoms with Gasteiger partial charge in [0.25, 0.3) is 0 Å². The monoisotopic (exact) mass is 382 g/mol. The Bertz CT molecular complexity index is 669. The second-order valence-corrected chi connectivity index (χ2v) is 8.83. The predicted molar refractivity (Wildman–Crippen MR) is 109 cm³/mol. The molecule has 0 N–H and O–H groups in total. The quantitative estimate of drug-likeness (QED) is 0.194. The van der Waals surface area contributed by atoms with E-state index in [1.807, 2.05) is 6.92 Å². The van der Waals surface area contributed by atoms with Crippen molar-refractivity contribution in [3.05, 3.63) is 11.1 Å². The summed E-state index contributed by atoms with van der Waals surface area (Å²) in [6.45, 7) is 9.62. The first-order valence-corrected chi connectivity index (χ1v) is 10.9. The molecule has 0 spiro atoms.